The molecule has 1 atom stereocenters. The van der Waals surface area contributed by atoms with Gasteiger partial charge in [0.15, 0.2) is 16.7 Å². The van der Waals surface area contributed by atoms with Crippen LogP contribution in [0.1, 0.15) is 17.2 Å². The minimum Gasteiger partial charge on any atom is -0.497 e. The van der Waals surface area contributed by atoms with Crippen molar-refractivity contribution in [1.82, 2.24) is 14.9 Å². The number of ether oxygens (including phenoxy) is 3. The number of nitriles is 1. The van der Waals surface area contributed by atoms with Crippen LogP contribution in [0.4, 0.5) is 5.82 Å². The van der Waals surface area contributed by atoms with Crippen molar-refractivity contribution in [3.05, 3.63) is 53.6 Å². The van der Waals surface area contributed by atoms with Gasteiger partial charge < -0.3 is 24.4 Å². The van der Waals surface area contributed by atoms with Gasteiger partial charge in [-0.05, 0) is 56.2 Å². The Bertz CT molecular complexity index is 1160. The van der Waals surface area contributed by atoms with Gasteiger partial charge in [0.05, 0.1) is 33.1 Å². The van der Waals surface area contributed by atoms with Crippen LogP contribution in [0.15, 0.2) is 47.6 Å². The molecule has 178 valence electrons. The van der Waals surface area contributed by atoms with Gasteiger partial charge >= 0.3 is 0 Å². The predicted molar refractivity (Wildman–Crippen MR) is 135 cm³/mol. The number of methoxy groups -OCH3 is 3. The molecule has 0 spiro atoms. The maximum atomic E-state index is 10.0. The average Bonchev–Trinajstić information content (AvgIpc) is 2.87. The van der Waals surface area contributed by atoms with Crippen LogP contribution in [0.3, 0.4) is 0 Å². The molecule has 0 amide bonds. The van der Waals surface area contributed by atoms with Gasteiger partial charge in [-0.25, -0.2) is 9.97 Å². The summed E-state index contributed by atoms with van der Waals surface area (Å²) in [6.07, 6.45) is 1.91. The number of aromatic nitrogens is 2. The number of nitrogens with zero attached hydrogens (tertiary/aromatic N) is 4. The third-order valence-corrected chi connectivity index (χ3v) is 5.97. The number of hydrogen-bond acceptors (Lipinski definition) is 9. The zero-order valence-corrected chi connectivity index (χ0v) is 21.1. The maximum absolute atomic E-state index is 10.0. The third kappa shape index (κ3) is 5.53. The van der Waals surface area contributed by atoms with Gasteiger partial charge in [0, 0.05) is 12.1 Å². The molecule has 0 aliphatic heterocycles. The summed E-state index contributed by atoms with van der Waals surface area (Å²) >= 11 is 1.42. The summed E-state index contributed by atoms with van der Waals surface area (Å²) < 4.78 is 16.1. The van der Waals surface area contributed by atoms with E-state index in [0.717, 1.165) is 16.9 Å². The molecule has 0 saturated heterocycles. The molecule has 1 heterocycles. The van der Waals surface area contributed by atoms with Crippen LogP contribution >= 0.6 is 11.8 Å². The molecule has 1 N–H and O–H groups in total. The van der Waals surface area contributed by atoms with Crippen molar-refractivity contribution in [3.63, 3.8) is 0 Å². The normalized spacial score (nSPS) is 11.6. The summed E-state index contributed by atoms with van der Waals surface area (Å²) in [5.74, 6) is 2.47. The summed E-state index contributed by atoms with van der Waals surface area (Å²) in [6, 6.07) is 15.8. The molecule has 0 saturated carbocycles. The fourth-order valence-corrected chi connectivity index (χ4v) is 3.94. The Balaban J connectivity index is 1.99. The van der Waals surface area contributed by atoms with E-state index < -0.39 is 0 Å². The van der Waals surface area contributed by atoms with Crippen LogP contribution in [-0.4, -0.2) is 63.1 Å². The molecule has 3 rings (SSSR count). The molecule has 0 aliphatic carbocycles. The molecule has 8 nitrogen and oxygen atoms in total. The van der Waals surface area contributed by atoms with E-state index in [1.807, 2.05) is 56.7 Å². The van der Waals surface area contributed by atoms with E-state index in [2.05, 4.69) is 26.3 Å². The summed E-state index contributed by atoms with van der Waals surface area (Å²) in [7, 11) is 8.85. The molecule has 34 heavy (non-hydrogen) atoms. The third-order valence-electron chi connectivity index (χ3n) is 5.43. The summed E-state index contributed by atoms with van der Waals surface area (Å²) in [6.45, 7) is 0.546. The molecule has 3 aromatic rings. The number of nitrogens with one attached hydrogen (secondary N) is 1. The first-order valence-corrected chi connectivity index (χ1v) is 11.8. The highest BCUT2D eigenvalue weighted by atomic mass is 32.2. The van der Waals surface area contributed by atoms with E-state index in [4.69, 9.17) is 14.2 Å². The van der Waals surface area contributed by atoms with Crippen molar-refractivity contribution in [3.8, 4) is 34.6 Å². The second kappa shape index (κ2) is 11.6. The Morgan fingerprint density at radius 3 is 2.26 bits per heavy atom. The molecule has 1 unspecified atom stereocenters. The fourth-order valence-electron chi connectivity index (χ4n) is 3.58. The molecular formula is C25H29N5O3S. The Kier molecular flexibility index (Phi) is 8.57. The van der Waals surface area contributed by atoms with Crippen LogP contribution in [0.2, 0.25) is 0 Å². The molecule has 0 fully saturated rings. The van der Waals surface area contributed by atoms with Crippen LogP contribution in [0.5, 0.6) is 17.2 Å². The zero-order chi connectivity index (χ0) is 24.7. The van der Waals surface area contributed by atoms with Crippen molar-refractivity contribution < 1.29 is 14.2 Å². The van der Waals surface area contributed by atoms with Gasteiger partial charge in [0.1, 0.15) is 23.2 Å². The lowest BCUT2D eigenvalue weighted by atomic mass is 10.0. The highest BCUT2D eigenvalue weighted by Gasteiger charge is 2.20. The lowest BCUT2D eigenvalue weighted by Gasteiger charge is -2.26. The van der Waals surface area contributed by atoms with Crippen molar-refractivity contribution in [2.75, 3.05) is 53.5 Å². The number of hydrogen-bond donors (Lipinski definition) is 1. The quantitative estimate of drug-likeness (QED) is 0.334. The summed E-state index contributed by atoms with van der Waals surface area (Å²) in [4.78, 5) is 11.4. The molecule has 2 aromatic carbocycles. The monoisotopic (exact) mass is 479 g/mol. The predicted octanol–water partition coefficient (Wildman–Crippen LogP) is 4.48. The topological polar surface area (TPSA) is 92.5 Å². The van der Waals surface area contributed by atoms with Crippen LogP contribution < -0.4 is 19.5 Å². The standard InChI is InChI=1S/C25H29N5O3S/c1-30(2)20(16-7-10-18(31-3)11-8-16)15-27-24-19(14-26)23(28-25(29-24)34-6)17-9-12-21(32-4)22(13-17)33-5/h7-13,20H,15H2,1-6H3,(H,27,28,29). The average molecular weight is 480 g/mol. The van der Waals surface area contributed by atoms with E-state index in [-0.39, 0.29) is 6.04 Å². The first kappa shape index (κ1) is 25.1. The molecule has 0 aliphatic rings. The van der Waals surface area contributed by atoms with Gasteiger partial charge in [-0.3, -0.25) is 0 Å². The van der Waals surface area contributed by atoms with Crippen LogP contribution in [0.25, 0.3) is 11.3 Å². The van der Waals surface area contributed by atoms with Crippen molar-refractivity contribution in [2.24, 2.45) is 0 Å². The first-order chi connectivity index (χ1) is 16.4. The highest BCUT2D eigenvalue weighted by Crippen LogP contribution is 2.35. The lowest BCUT2D eigenvalue weighted by Crippen LogP contribution is -2.27. The molecule has 0 bridgehead atoms. The Morgan fingerprint density at radius 2 is 1.71 bits per heavy atom. The van der Waals surface area contributed by atoms with E-state index in [1.165, 1.54) is 11.8 Å². The minimum absolute atomic E-state index is 0.0506. The fraction of sp³-hybridized carbons (Fsp3) is 0.320. The summed E-state index contributed by atoms with van der Waals surface area (Å²) in [5, 5.41) is 14.0. The highest BCUT2D eigenvalue weighted by molar-refractivity contribution is 7.98. The van der Waals surface area contributed by atoms with Crippen molar-refractivity contribution >= 4 is 17.6 Å². The summed E-state index contributed by atoms with van der Waals surface area (Å²) in [5.41, 5.74) is 2.78. The van der Waals surface area contributed by atoms with E-state index in [0.29, 0.717) is 40.3 Å². The molecule has 1 aromatic heterocycles. The van der Waals surface area contributed by atoms with Gasteiger partial charge in [-0.1, -0.05) is 23.9 Å². The van der Waals surface area contributed by atoms with Gasteiger partial charge in [0.25, 0.3) is 0 Å². The molecular weight excluding hydrogens is 450 g/mol. The first-order valence-electron chi connectivity index (χ1n) is 10.6. The Labute approximate surface area is 204 Å². The van der Waals surface area contributed by atoms with Gasteiger partial charge in [-0.2, -0.15) is 5.26 Å². The SMILES string of the molecule is COc1ccc(C(CNc2nc(SC)nc(-c3ccc(OC)c(OC)c3)c2C#N)N(C)C)cc1. The Hall–Kier alpha value is -3.48. The van der Waals surface area contributed by atoms with Crippen molar-refractivity contribution in [2.45, 2.75) is 11.2 Å². The van der Waals surface area contributed by atoms with E-state index in [1.54, 1.807) is 27.4 Å². The Morgan fingerprint density at radius 1 is 1.00 bits per heavy atom. The largest absolute Gasteiger partial charge is 0.497 e. The number of anilines is 1. The minimum atomic E-state index is 0.0506. The van der Waals surface area contributed by atoms with E-state index >= 15 is 0 Å². The number of rotatable bonds is 10. The van der Waals surface area contributed by atoms with Crippen LogP contribution in [-0.2, 0) is 0 Å². The van der Waals surface area contributed by atoms with Gasteiger partial charge in [-0.15, -0.1) is 0 Å². The number of benzene rings is 2. The number of likely N-dealkylation sites (N-methyl/N-ethyl adjacent to an activating group) is 1. The maximum Gasteiger partial charge on any atom is 0.189 e. The number of thioether (sulfide) groups is 1. The second-order valence-corrected chi connectivity index (χ2v) is 8.37. The molecule has 9 heteroatoms. The van der Waals surface area contributed by atoms with E-state index in [9.17, 15) is 5.26 Å². The molecule has 0 radical (unpaired) electrons. The van der Waals surface area contributed by atoms with Crippen molar-refractivity contribution in [1.29, 1.82) is 5.26 Å². The zero-order valence-electron chi connectivity index (χ0n) is 20.2. The van der Waals surface area contributed by atoms with Crippen LogP contribution in [0, 0.1) is 11.3 Å². The smallest absolute Gasteiger partial charge is 0.189 e. The second-order valence-electron chi connectivity index (χ2n) is 7.60. The van der Waals surface area contributed by atoms with Gasteiger partial charge in [0.2, 0.25) is 0 Å². The lowest BCUT2D eigenvalue weighted by molar-refractivity contribution is 0.311.